The second-order valence-electron chi connectivity index (χ2n) is 8.83. The van der Waals surface area contributed by atoms with Crippen molar-refractivity contribution in [1.29, 1.82) is 0 Å². The number of carbonyl (C=O) groups is 1. The number of aryl methyl sites for hydroxylation is 2. The van der Waals surface area contributed by atoms with Crippen LogP contribution in [0.5, 0.6) is 0 Å². The monoisotopic (exact) mass is 424 g/mol. The number of H-pyrrole nitrogens is 1. The molecule has 0 spiro atoms. The lowest BCUT2D eigenvalue weighted by atomic mass is 9.69. The number of aliphatic hydroxyl groups is 1. The summed E-state index contributed by atoms with van der Waals surface area (Å²) in [7, 11) is 0. The average Bonchev–Trinajstić information content (AvgIpc) is 3.11. The molecule has 4 rings (SSSR count). The third-order valence-corrected chi connectivity index (χ3v) is 6.79. The van der Waals surface area contributed by atoms with E-state index in [1.54, 1.807) is 11.1 Å². The molecule has 164 valence electrons. The Morgan fingerprint density at radius 1 is 1.29 bits per heavy atom. The number of rotatable bonds is 3. The molecular formula is C24H29FN4O2. The highest BCUT2D eigenvalue weighted by atomic mass is 19.1. The van der Waals surface area contributed by atoms with E-state index in [4.69, 9.17) is 5.73 Å². The molecule has 1 unspecified atom stereocenters. The van der Waals surface area contributed by atoms with E-state index in [0.29, 0.717) is 24.2 Å². The van der Waals surface area contributed by atoms with Gasteiger partial charge in [-0.25, -0.2) is 9.37 Å². The van der Waals surface area contributed by atoms with Gasteiger partial charge in [-0.05, 0) is 48.2 Å². The molecule has 0 aliphatic carbocycles. The molecule has 3 atom stereocenters. The summed E-state index contributed by atoms with van der Waals surface area (Å²) in [5.74, 6) is -1.28. The van der Waals surface area contributed by atoms with E-state index in [2.05, 4.69) is 9.97 Å². The lowest BCUT2D eigenvalue weighted by Crippen LogP contribution is -2.57. The fourth-order valence-corrected chi connectivity index (χ4v) is 5.19. The Kier molecular flexibility index (Phi) is 5.35. The van der Waals surface area contributed by atoms with Crippen LogP contribution in [0.1, 0.15) is 30.5 Å². The predicted octanol–water partition coefficient (Wildman–Crippen LogP) is 3.25. The van der Waals surface area contributed by atoms with Gasteiger partial charge in [-0.15, -0.1) is 0 Å². The molecule has 1 saturated heterocycles. The zero-order chi connectivity index (χ0) is 22.5. The summed E-state index contributed by atoms with van der Waals surface area (Å²) < 4.78 is 15.6. The van der Waals surface area contributed by atoms with E-state index >= 15 is 4.39 Å². The van der Waals surface area contributed by atoms with Crippen LogP contribution in [0.3, 0.4) is 0 Å². The minimum atomic E-state index is -1.38. The van der Waals surface area contributed by atoms with Crippen molar-refractivity contribution in [3.8, 4) is 11.1 Å². The van der Waals surface area contributed by atoms with Crippen molar-refractivity contribution in [2.45, 2.75) is 33.3 Å². The third kappa shape index (κ3) is 3.32. The van der Waals surface area contributed by atoms with Crippen molar-refractivity contribution in [3.05, 3.63) is 53.1 Å². The van der Waals surface area contributed by atoms with Crippen LogP contribution in [0.15, 0.2) is 30.6 Å². The van der Waals surface area contributed by atoms with Crippen molar-refractivity contribution in [2.75, 3.05) is 19.6 Å². The number of nitrogens with one attached hydrogen (secondary N) is 1. The molecule has 3 aromatic rings. The molecule has 31 heavy (non-hydrogen) atoms. The standard InChI is InChI=1S/C24H29FN4O2/c1-13-7-17(18-5-6-27-23-21(18)14(2)10-28-23)8-19(25)22(13)24(31)15(3)11-29(12-16(24)4)20(30)9-26/h5-8,10,15-16,31H,9,11-12,26H2,1-4H3,(H,27,28)/t15-,16+,24?. The second-order valence-corrected chi connectivity index (χ2v) is 8.83. The number of aromatic nitrogens is 2. The number of fused-ring (bicyclic) bond motifs is 1. The Bertz CT molecular complexity index is 1120. The van der Waals surface area contributed by atoms with E-state index in [9.17, 15) is 9.90 Å². The molecule has 6 nitrogen and oxygen atoms in total. The minimum Gasteiger partial charge on any atom is -0.384 e. The maximum Gasteiger partial charge on any atom is 0.236 e. The first kappa shape index (κ1) is 21.5. The maximum absolute atomic E-state index is 15.6. The van der Waals surface area contributed by atoms with Crippen molar-refractivity contribution >= 4 is 16.9 Å². The van der Waals surface area contributed by atoms with Gasteiger partial charge < -0.3 is 20.7 Å². The van der Waals surface area contributed by atoms with Crippen molar-refractivity contribution in [2.24, 2.45) is 17.6 Å². The summed E-state index contributed by atoms with van der Waals surface area (Å²) in [4.78, 5) is 21.2. The molecule has 1 aliphatic heterocycles. The van der Waals surface area contributed by atoms with E-state index in [0.717, 1.165) is 27.7 Å². The van der Waals surface area contributed by atoms with Gasteiger partial charge in [0.2, 0.25) is 5.91 Å². The number of amides is 1. The van der Waals surface area contributed by atoms with Gasteiger partial charge in [-0.3, -0.25) is 4.79 Å². The summed E-state index contributed by atoms with van der Waals surface area (Å²) in [6.45, 7) is 8.14. The number of halogens is 1. The second kappa shape index (κ2) is 7.73. The van der Waals surface area contributed by atoms with Crippen LogP contribution in [0.25, 0.3) is 22.2 Å². The van der Waals surface area contributed by atoms with Crippen LogP contribution in [-0.2, 0) is 10.4 Å². The molecule has 4 N–H and O–H groups in total. The zero-order valence-corrected chi connectivity index (χ0v) is 18.4. The van der Waals surface area contributed by atoms with E-state index in [-0.39, 0.29) is 24.3 Å². The highest BCUT2D eigenvalue weighted by Gasteiger charge is 2.48. The van der Waals surface area contributed by atoms with Gasteiger partial charge in [0.05, 0.1) is 6.54 Å². The first-order chi connectivity index (χ1) is 14.7. The molecule has 0 saturated carbocycles. The maximum atomic E-state index is 15.6. The molecule has 1 fully saturated rings. The smallest absolute Gasteiger partial charge is 0.236 e. The topological polar surface area (TPSA) is 95.2 Å². The van der Waals surface area contributed by atoms with Gasteiger partial charge in [0.15, 0.2) is 0 Å². The number of piperidine rings is 1. The molecule has 0 radical (unpaired) electrons. The highest BCUT2D eigenvalue weighted by Crippen LogP contribution is 2.45. The van der Waals surface area contributed by atoms with Gasteiger partial charge in [-0.2, -0.15) is 0 Å². The van der Waals surface area contributed by atoms with Crippen LogP contribution in [0, 0.1) is 31.5 Å². The van der Waals surface area contributed by atoms with Gasteiger partial charge in [0.25, 0.3) is 0 Å². The first-order valence-corrected chi connectivity index (χ1v) is 10.6. The number of hydrogen-bond donors (Lipinski definition) is 3. The number of pyridine rings is 1. The Morgan fingerprint density at radius 3 is 2.58 bits per heavy atom. The lowest BCUT2D eigenvalue weighted by molar-refractivity contribution is -0.148. The molecule has 1 amide bonds. The number of nitrogens with two attached hydrogens (primary N) is 1. The van der Waals surface area contributed by atoms with E-state index in [1.165, 1.54) is 6.07 Å². The van der Waals surface area contributed by atoms with Crippen molar-refractivity contribution < 1.29 is 14.3 Å². The third-order valence-electron chi connectivity index (χ3n) is 6.79. The SMILES string of the molecule is Cc1cc(-c2ccnc3[nH]cc(C)c23)cc(F)c1C1(O)[C@H](C)CN(C(=O)CN)C[C@@H]1C. The number of aromatic amines is 1. The van der Waals surface area contributed by atoms with Crippen molar-refractivity contribution in [1.82, 2.24) is 14.9 Å². The zero-order valence-electron chi connectivity index (χ0n) is 18.4. The van der Waals surface area contributed by atoms with Gasteiger partial charge >= 0.3 is 0 Å². The molecular weight excluding hydrogens is 395 g/mol. The van der Waals surface area contributed by atoms with Crippen LogP contribution in [0.2, 0.25) is 0 Å². The molecule has 3 heterocycles. The Labute approximate surface area is 181 Å². The molecule has 7 heteroatoms. The quantitative estimate of drug-likeness (QED) is 0.602. The van der Waals surface area contributed by atoms with Crippen LogP contribution in [0.4, 0.5) is 4.39 Å². The van der Waals surface area contributed by atoms with E-state index < -0.39 is 11.4 Å². The Hall–Kier alpha value is -2.77. The summed E-state index contributed by atoms with van der Waals surface area (Å²) in [5, 5.41) is 12.7. The normalized spacial score (nSPS) is 24.0. The van der Waals surface area contributed by atoms with Gasteiger partial charge in [-0.1, -0.05) is 19.9 Å². The summed E-state index contributed by atoms with van der Waals surface area (Å²) in [6.07, 6.45) is 3.60. The molecule has 1 aromatic carbocycles. The lowest BCUT2D eigenvalue weighted by Gasteiger charge is -2.48. The van der Waals surface area contributed by atoms with Crippen LogP contribution < -0.4 is 5.73 Å². The minimum absolute atomic E-state index is 0.0705. The number of hydrogen-bond acceptors (Lipinski definition) is 4. The number of likely N-dealkylation sites (tertiary alicyclic amines) is 1. The number of benzene rings is 1. The number of carbonyl (C=O) groups excluding carboxylic acids is 1. The fourth-order valence-electron chi connectivity index (χ4n) is 5.19. The first-order valence-electron chi connectivity index (χ1n) is 10.6. The Balaban J connectivity index is 1.79. The van der Waals surface area contributed by atoms with Gasteiger partial charge in [0.1, 0.15) is 17.1 Å². The number of nitrogens with zero attached hydrogens (tertiary/aromatic N) is 2. The van der Waals surface area contributed by atoms with Crippen LogP contribution >= 0.6 is 0 Å². The summed E-state index contributed by atoms with van der Waals surface area (Å²) in [5.41, 5.74) is 8.58. The summed E-state index contributed by atoms with van der Waals surface area (Å²) in [6, 6.07) is 5.31. The largest absolute Gasteiger partial charge is 0.384 e. The fraction of sp³-hybridized carbons (Fsp3) is 0.417. The predicted molar refractivity (Wildman–Crippen MR) is 119 cm³/mol. The molecule has 2 aromatic heterocycles. The molecule has 1 aliphatic rings. The van der Waals surface area contributed by atoms with Crippen LogP contribution in [-0.4, -0.2) is 45.5 Å². The molecule has 0 bridgehead atoms. The highest BCUT2D eigenvalue weighted by molar-refractivity contribution is 5.95. The summed E-state index contributed by atoms with van der Waals surface area (Å²) >= 11 is 0. The average molecular weight is 425 g/mol. The van der Waals surface area contributed by atoms with Crippen molar-refractivity contribution in [3.63, 3.8) is 0 Å². The van der Waals surface area contributed by atoms with E-state index in [1.807, 2.05) is 46.0 Å². The van der Waals surface area contributed by atoms with Gasteiger partial charge in [0, 0.05) is 48.3 Å². The Morgan fingerprint density at radius 2 is 1.97 bits per heavy atom.